The molecule has 0 aliphatic rings. The van der Waals surface area contributed by atoms with E-state index in [4.69, 9.17) is 4.74 Å². The van der Waals surface area contributed by atoms with Crippen LogP contribution in [0.5, 0.6) is 0 Å². The molecule has 29 heavy (non-hydrogen) atoms. The molecule has 0 aliphatic heterocycles. The molecule has 1 atom stereocenters. The van der Waals surface area contributed by atoms with Gasteiger partial charge in [0.05, 0.1) is 24.0 Å². The molecule has 0 amide bonds. The molecule has 1 N–H and O–H groups in total. The van der Waals surface area contributed by atoms with Gasteiger partial charge >= 0.3 is 6.18 Å². The van der Waals surface area contributed by atoms with E-state index in [0.717, 1.165) is 16.6 Å². The van der Waals surface area contributed by atoms with E-state index in [1.165, 1.54) is 30.1 Å². The Morgan fingerprint density at radius 3 is 2.72 bits per heavy atom. The van der Waals surface area contributed by atoms with Crippen molar-refractivity contribution in [3.05, 3.63) is 54.9 Å². The van der Waals surface area contributed by atoms with E-state index in [9.17, 15) is 13.2 Å². The van der Waals surface area contributed by atoms with E-state index in [2.05, 4.69) is 25.0 Å². The fourth-order valence-electron chi connectivity index (χ4n) is 3.17. The lowest BCUT2D eigenvalue weighted by Crippen LogP contribution is -2.22. The second-order valence-corrected chi connectivity index (χ2v) is 6.46. The van der Waals surface area contributed by atoms with Crippen molar-refractivity contribution in [2.75, 3.05) is 13.7 Å². The molecule has 0 fully saturated rings. The Morgan fingerprint density at radius 1 is 1.14 bits per heavy atom. The van der Waals surface area contributed by atoms with Gasteiger partial charge in [-0.3, -0.25) is 0 Å². The van der Waals surface area contributed by atoms with E-state index in [1.54, 1.807) is 24.9 Å². The van der Waals surface area contributed by atoms with Gasteiger partial charge in [-0.05, 0) is 24.1 Å². The van der Waals surface area contributed by atoms with Crippen LogP contribution in [0.1, 0.15) is 17.9 Å². The van der Waals surface area contributed by atoms with E-state index < -0.39 is 12.1 Å². The van der Waals surface area contributed by atoms with Crippen molar-refractivity contribution in [1.82, 2.24) is 29.7 Å². The maximum Gasteiger partial charge on any atom is 0.395 e. The fourth-order valence-corrected chi connectivity index (χ4v) is 3.17. The third kappa shape index (κ3) is 3.83. The van der Waals surface area contributed by atoms with Crippen LogP contribution in [0.15, 0.2) is 49.3 Å². The molecule has 4 aromatic heterocycles. The van der Waals surface area contributed by atoms with Gasteiger partial charge in [-0.1, -0.05) is 6.07 Å². The number of hydrogen-bond acceptors (Lipinski definition) is 5. The van der Waals surface area contributed by atoms with E-state index >= 15 is 0 Å². The van der Waals surface area contributed by atoms with Crippen LogP contribution in [0.2, 0.25) is 0 Å². The summed E-state index contributed by atoms with van der Waals surface area (Å²) in [6.07, 6.45) is 3.34. The third-order valence-corrected chi connectivity index (χ3v) is 4.63. The second-order valence-electron chi connectivity index (χ2n) is 6.46. The molecule has 4 rings (SSSR count). The van der Waals surface area contributed by atoms with Gasteiger partial charge in [0.25, 0.3) is 0 Å². The molecule has 0 radical (unpaired) electrons. The Balaban J connectivity index is 1.61. The predicted molar refractivity (Wildman–Crippen MR) is 99.5 cm³/mol. The molecule has 0 bridgehead atoms. The first-order valence-corrected chi connectivity index (χ1v) is 8.82. The van der Waals surface area contributed by atoms with Crippen LogP contribution in [-0.4, -0.2) is 49.6 Å². The summed E-state index contributed by atoms with van der Waals surface area (Å²) in [6, 6.07) is 4.79. The highest BCUT2D eigenvalue weighted by molar-refractivity contribution is 5.88. The number of ether oxygens (including phenoxy) is 1. The van der Waals surface area contributed by atoms with Gasteiger partial charge in [-0.2, -0.15) is 18.3 Å². The summed E-state index contributed by atoms with van der Waals surface area (Å²) in [5, 5.41) is 4.28. The van der Waals surface area contributed by atoms with Crippen molar-refractivity contribution >= 4 is 11.2 Å². The van der Waals surface area contributed by atoms with Gasteiger partial charge in [0.2, 0.25) is 0 Å². The van der Waals surface area contributed by atoms with E-state index in [-0.39, 0.29) is 18.6 Å². The number of halogens is 3. The highest BCUT2D eigenvalue weighted by Gasteiger charge is 2.40. The monoisotopic (exact) mass is 402 g/mol. The molecular formula is C19H17F3N6O. The van der Waals surface area contributed by atoms with E-state index in [0.29, 0.717) is 11.5 Å². The van der Waals surface area contributed by atoms with Crippen molar-refractivity contribution in [2.24, 2.45) is 0 Å². The lowest BCUT2D eigenvalue weighted by atomic mass is 9.97. The lowest BCUT2D eigenvalue weighted by molar-refractivity contribution is -0.154. The predicted octanol–water partition coefficient (Wildman–Crippen LogP) is 3.89. The Bertz CT molecular complexity index is 1100. The standard InChI is InChI=1S/C19H17F3N6O/c1-29-7-5-15(19(20,21)22)12-2-3-16(24-8-12)28-10-13(9-27-28)14-4-6-23-18-17(14)25-11-26-18/h2-4,6,8-11,15H,5,7H2,1H3,(H,23,25,26). The van der Waals surface area contributed by atoms with Crippen molar-refractivity contribution in [1.29, 1.82) is 0 Å². The number of nitrogens with zero attached hydrogens (tertiary/aromatic N) is 5. The van der Waals surface area contributed by atoms with Crippen LogP contribution < -0.4 is 0 Å². The molecule has 4 aromatic rings. The van der Waals surface area contributed by atoms with E-state index in [1.807, 2.05) is 6.07 Å². The first kappa shape index (κ1) is 19.1. The van der Waals surface area contributed by atoms with Crippen LogP contribution in [0, 0.1) is 0 Å². The van der Waals surface area contributed by atoms with Gasteiger partial charge in [0.15, 0.2) is 11.5 Å². The van der Waals surface area contributed by atoms with Gasteiger partial charge in [-0.25, -0.2) is 19.6 Å². The number of pyridine rings is 2. The average Bonchev–Trinajstić information content (AvgIpc) is 3.37. The molecule has 7 nitrogen and oxygen atoms in total. The number of aromatic nitrogens is 6. The smallest absolute Gasteiger partial charge is 0.385 e. The minimum Gasteiger partial charge on any atom is -0.385 e. The summed E-state index contributed by atoms with van der Waals surface area (Å²) >= 11 is 0. The number of hydrogen-bond donors (Lipinski definition) is 1. The number of methoxy groups -OCH3 is 1. The molecule has 4 heterocycles. The zero-order chi connectivity index (χ0) is 20.4. The summed E-state index contributed by atoms with van der Waals surface area (Å²) in [5.41, 5.74) is 3.14. The van der Waals surface area contributed by atoms with Gasteiger partial charge < -0.3 is 9.72 Å². The van der Waals surface area contributed by atoms with Crippen molar-refractivity contribution in [2.45, 2.75) is 18.5 Å². The first-order chi connectivity index (χ1) is 14.0. The number of alkyl halides is 3. The summed E-state index contributed by atoms with van der Waals surface area (Å²) < 4.78 is 46.3. The lowest BCUT2D eigenvalue weighted by Gasteiger charge is -2.20. The molecule has 0 spiro atoms. The SMILES string of the molecule is COCCC(c1ccc(-n2cc(-c3ccnc4nc[nH]c34)cn2)nc1)C(F)(F)F. The molecule has 0 aliphatic carbocycles. The number of nitrogens with one attached hydrogen (secondary N) is 1. The van der Waals surface area contributed by atoms with Crippen molar-refractivity contribution in [3.8, 4) is 16.9 Å². The highest BCUT2D eigenvalue weighted by atomic mass is 19.4. The Hall–Kier alpha value is -3.27. The number of fused-ring (bicyclic) bond motifs is 1. The second kappa shape index (κ2) is 7.63. The fraction of sp³-hybridized carbons (Fsp3) is 0.263. The minimum atomic E-state index is -4.36. The zero-order valence-electron chi connectivity index (χ0n) is 15.4. The summed E-state index contributed by atoms with van der Waals surface area (Å²) in [4.78, 5) is 15.5. The topological polar surface area (TPSA) is 81.5 Å². The molecule has 10 heteroatoms. The largest absolute Gasteiger partial charge is 0.395 e. The van der Waals surface area contributed by atoms with Crippen LogP contribution in [0.4, 0.5) is 13.2 Å². The van der Waals surface area contributed by atoms with Crippen molar-refractivity contribution < 1.29 is 17.9 Å². The molecule has 0 aromatic carbocycles. The first-order valence-electron chi connectivity index (χ1n) is 8.82. The van der Waals surface area contributed by atoms with Gasteiger partial charge in [0.1, 0.15) is 0 Å². The van der Waals surface area contributed by atoms with Gasteiger partial charge in [-0.15, -0.1) is 0 Å². The number of H-pyrrole nitrogens is 1. The minimum absolute atomic E-state index is 0.0163. The number of imidazole rings is 1. The average molecular weight is 402 g/mol. The molecule has 1 unspecified atom stereocenters. The zero-order valence-corrected chi connectivity index (χ0v) is 15.4. The number of rotatable bonds is 6. The van der Waals surface area contributed by atoms with Crippen molar-refractivity contribution in [3.63, 3.8) is 0 Å². The van der Waals surface area contributed by atoms with Crippen LogP contribution in [0.3, 0.4) is 0 Å². The normalized spacial score (nSPS) is 13.1. The summed E-state index contributed by atoms with van der Waals surface area (Å²) in [7, 11) is 1.38. The third-order valence-electron chi connectivity index (χ3n) is 4.63. The highest BCUT2D eigenvalue weighted by Crippen LogP contribution is 2.37. The Labute approximate surface area is 163 Å². The van der Waals surface area contributed by atoms with Crippen LogP contribution >= 0.6 is 0 Å². The summed E-state index contributed by atoms with van der Waals surface area (Å²) in [6.45, 7) is 0.0163. The Kier molecular flexibility index (Phi) is 5.01. The quantitative estimate of drug-likeness (QED) is 0.529. The molecular weight excluding hydrogens is 385 g/mol. The molecule has 150 valence electrons. The maximum atomic E-state index is 13.3. The van der Waals surface area contributed by atoms with Gasteiger partial charge in [0, 0.05) is 43.4 Å². The van der Waals surface area contributed by atoms with Crippen LogP contribution in [0.25, 0.3) is 28.1 Å². The maximum absolute atomic E-state index is 13.3. The number of aromatic amines is 1. The molecule has 0 saturated heterocycles. The Morgan fingerprint density at radius 2 is 2.00 bits per heavy atom. The summed E-state index contributed by atoms with van der Waals surface area (Å²) in [5.74, 6) is -1.20. The van der Waals surface area contributed by atoms with Crippen LogP contribution in [-0.2, 0) is 4.74 Å². The molecule has 0 saturated carbocycles.